The first-order valence-electron chi connectivity index (χ1n) is 9.19. The van der Waals surface area contributed by atoms with Gasteiger partial charge in [-0.05, 0) is 55.9 Å². The lowest BCUT2D eigenvalue weighted by molar-refractivity contribution is -0.137. The van der Waals surface area contributed by atoms with E-state index in [4.69, 9.17) is 5.26 Å². The van der Waals surface area contributed by atoms with Crippen molar-refractivity contribution >= 4 is 15.9 Å². The van der Waals surface area contributed by atoms with Crippen LogP contribution in [0.2, 0.25) is 0 Å². The number of carbonyl (C=O) groups excluding carboxylic acids is 1. The zero-order valence-corrected chi connectivity index (χ0v) is 15.9. The summed E-state index contributed by atoms with van der Waals surface area (Å²) in [5.74, 6) is 0.461. The number of carbonyl (C=O) groups is 1. The summed E-state index contributed by atoms with van der Waals surface area (Å²) in [6.45, 7) is 0.580. The second kappa shape index (κ2) is 7.77. The minimum atomic E-state index is -3.75. The smallest absolute Gasteiger partial charge is 0.243 e. The van der Waals surface area contributed by atoms with Crippen LogP contribution in [-0.4, -0.2) is 49.7 Å². The van der Waals surface area contributed by atoms with Crippen LogP contribution < -0.4 is 0 Å². The predicted octanol–water partition coefficient (Wildman–Crippen LogP) is 2.36. The summed E-state index contributed by atoms with van der Waals surface area (Å²) < 4.78 is 26.5. The predicted molar refractivity (Wildman–Crippen MR) is 97.7 cm³/mol. The molecular formula is C19H25N3O3S. The van der Waals surface area contributed by atoms with Crippen molar-refractivity contribution in [3.63, 3.8) is 0 Å². The number of hydrogen-bond donors (Lipinski definition) is 0. The van der Waals surface area contributed by atoms with Crippen LogP contribution in [0.25, 0.3) is 0 Å². The first-order chi connectivity index (χ1) is 12.4. The van der Waals surface area contributed by atoms with E-state index in [9.17, 15) is 13.2 Å². The molecule has 0 bridgehead atoms. The molecule has 1 aliphatic heterocycles. The van der Waals surface area contributed by atoms with Crippen molar-refractivity contribution in [3.8, 4) is 6.07 Å². The highest BCUT2D eigenvalue weighted by molar-refractivity contribution is 7.89. The van der Waals surface area contributed by atoms with E-state index < -0.39 is 10.0 Å². The molecule has 6 nitrogen and oxygen atoms in total. The summed E-state index contributed by atoms with van der Waals surface area (Å²) in [5.41, 5.74) is 0.402. The number of nitriles is 1. The lowest BCUT2D eigenvalue weighted by Gasteiger charge is -2.44. The highest BCUT2D eigenvalue weighted by Crippen LogP contribution is 2.35. The van der Waals surface area contributed by atoms with Crippen LogP contribution >= 0.6 is 0 Å². The minimum absolute atomic E-state index is 0.0981. The lowest BCUT2D eigenvalue weighted by atomic mass is 9.78. The van der Waals surface area contributed by atoms with Crippen LogP contribution in [0.3, 0.4) is 0 Å². The zero-order chi connectivity index (χ0) is 18.7. The maximum atomic E-state index is 12.8. The van der Waals surface area contributed by atoms with E-state index in [0.29, 0.717) is 11.5 Å². The second-order valence-corrected chi connectivity index (χ2v) is 9.28. The minimum Gasteiger partial charge on any atom is -0.338 e. The van der Waals surface area contributed by atoms with Crippen molar-refractivity contribution in [1.82, 2.24) is 9.21 Å². The molecule has 1 heterocycles. The second-order valence-electron chi connectivity index (χ2n) is 7.24. The van der Waals surface area contributed by atoms with Crippen LogP contribution in [0.5, 0.6) is 0 Å². The Labute approximate surface area is 155 Å². The van der Waals surface area contributed by atoms with Crippen LogP contribution in [0, 0.1) is 17.2 Å². The molecular weight excluding hydrogens is 350 g/mol. The van der Waals surface area contributed by atoms with Gasteiger partial charge in [0.1, 0.15) is 0 Å². The fraction of sp³-hybridized carbons (Fsp3) is 0.579. The standard InChI is InChI=1S/C19H25N3O3S/c1-21(26(24,25)17-10-8-15(13-20)9-11-17)14-19(23)22-12-4-6-16-5-2-3-7-18(16)22/h8-11,16,18H,2-7,12,14H2,1H3/t16-,18+/m1/s1. The van der Waals surface area contributed by atoms with E-state index in [1.54, 1.807) is 0 Å². The normalized spacial score (nSPS) is 23.3. The van der Waals surface area contributed by atoms with Crippen molar-refractivity contribution < 1.29 is 13.2 Å². The van der Waals surface area contributed by atoms with Gasteiger partial charge in [0.05, 0.1) is 23.1 Å². The monoisotopic (exact) mass is 375 g/mol. The largest absolute Gasteiger partial charge is 0.338 e. The third-order valence-corrected chi connectivity index (χ3v) is 7.43. The molecule has 0 aromatic heterocycles. The average Bonchev–Trinajstić information content (AvgIpc) is 2.67. The highest BCUT2D eigenvalue weighted by Gasteiger charge is 2.36. The zero-order valence-electron chi connectivity index (χ0n) is 15.1. The third-order valence-electron chi connectivity index (χ3n) is 5.61. The maximum Gasteiger partial charge on any atom is 0.243 e. The molecule has 1 saturated carbocycles. The van der Waals surface area contributed by atoms with E-state index in [1.165, 1.54) is 50.6 Å². The van der Waals surface area contributed by atoms with Crippen molar-refractivity contribution in [3.05, 3.63) is 29.8 Å². The number of piperidine rings is 1. The first-order valence-corrected chi connectivity index (χ1v) is 10.6. The summed E-state index contributed by atoms with van der Waals surface area (Å²) in [4.78, 5) is 14.8. The number of likely N-dealkylation sites (tertiary alicyclic amines) is 1. The first kappa shape index (κ1) is 18.9. The lowest BCUT2D eigenvalue weighted by Crippen LogP contribution is -2.52. The quantitative estimate of drug-likeness (QED) is 0.809. The van der Waals surface area contributed by atoms with Gasteiger partial charge in [-0.15, -0.1) is 0 Å². The summed E-state index contributed by atoms with van der Waals surface area (Å²) in [6, 6.07) is 8.00. The fourth-order valence-corrected chi connectivity index (χ4v) is 5.30. The molecule has 1 aromatic carbocycles. The third kappa shape index (κ3) is 3.76. The van der Waals surface area contributed by atoms with E-state index in [-0.39, 0.29) is 23.4 Å². The number of likely N-dealkylation sites (N-methyl/N-ethyl adjacent to an activating group) is 1. The summed E-state index contributed by atoms with van der Waals surface area (Å²) in [6.07, 6.45) is 6.75. The Morgan fingerprint density at radius 2 is 1.85 bits per heavy atom. The Morgan fingerprint density at radius 1 is 1.19 bits per heavy atom. The Morgan fingerprint density at radius 3 is 2.54 bits per heavy atom. The van der Waals surface area contributed by atoms with Crippen LogP contribution in [-0.2, 0) is 14.8 Å². The molecule has 2 aliphatic rings. The molecule has 2 atom stereocenters. The Kier molecular flexibility index (Phi) is 5.64. The fourth-order valence-electron chi connectivity index (χ4n) is 4.18. The molecule has 3 rings (SSSR count). The summed E-state index contributed by atoms with van der Waals surface area (Å²) in [5, 5.41) is 8.84. The van der Waals surface area contributed by atoms with Gasteiger partial charge < -0.3 is 4.90 Å². The molecule has 26 heavy (non-hydrogen) atoms. The number of benzene rings is 1. The van der Waals surface area contributed by atoms with Gasteiger partial charge in [0.2, 0.25) is 15.9 Å². The van der Waals surface area contributed by atoms with Gasteiger partial charge in [0.15, 0.2) is 0 Å². The van der Waals surface area contributed by atoms with Crippen molar-refractivity contribution in [2.75, 3.05) is 20.1 Å². The number of amides is 1. The topological polar surface area (TPSA) is 81.5 Å². The number of sulfonamides is 1. The molecule has 140 valence electrons. The molecule has 1 aliphatic carbocycles. The van der Waals surface area contributed by atoms with Crippen LogP contribution in [0.4, 0.5) is 0 Å². The molecule has 0 spiro atoms. The van der Waals surface area contributed by atoms with Crippen LogP contribution in [0.15, 0.2) is 29.2 Å². The van der Waals surface area contributed by atoms with Crippen molar-refractivity contribution in [2.24, 2.45) is 5.92 Å². The molecule has 1 aromatic rings. The van der Waals surface area contributed by atoms with Crippen molar-refractivity contribution in [1.29, 1.82) is 5.26 Å². The molecule has 0 N–H and O–H groups in total. The summed E-state index contributed by atoms with van der Waals surface area (Å²) in [7, 11) is -2.31. The van der Waals surface area contributed by atoms with Gasteiger partial charge in [0, 0.05) is 19.6 Å². The average molecular weight is 375 g/mol. The van der Waals surface area contributed by atoms with Gasteiger partial charge in [-0.25, -0.2) is 8.42 Å². The molecule has 0 unspecified atom stereocenters. The van der Waals surface area contributed by atoms with Gasteiger partial charge in [0.25, 0.3) is 0 Å². The number of rotatable bonds is 4. The van der Waals surface area contributed by atoms with E-state index >= 15 is 0 Å². The molecule has 2 fully saturated rings. The molecule has 1 saturated heterocycles. The molecule has 0 radical (unpaired) electrons. The number of nitrogens with zero attached hydrogens (tertiary/aromatic N) is 3. The van der Waals surface area contributed by atoms with Crippen molar-refractivity contribution in [2.45, 2.75) is 49.5 Å². The van der Waals surface area contributed by atoms with Crippen LogP contribution in [0.1, 0.15) is 44.1 Å². The number of hydrogen-bond acceptors (Lipinski definition) is 4. The Hall–Kier alpha value is -1.91. The molecule has 1 amide bonds. The van der Waals surface area contributed by atoms with Gasteiger partial charge in [-0.1, -0.05) is 12.8 Å². The van der Waals surface area contributed by atoms with Gasteiger partial charge >= 0.3 is 0 Å². The van der Waals surface area contributed by atoms with E-state index in [0.717, 1.165) is 30.1 Å². The van der Waals surface area contributed by atoms with Gasteiger partial charge in [-0.2, -0.15) is 9.57 Å². The highest BCUT2D eigenvalue weighted by atomic mass is 32.2. The summed E-state index contributed by atoms with van der Waals surface area (Å²) >= 11 is 0. The SMILES string of the molecule is CN(CC(=O)N1CCC[C@H]2CCCC[C@@H]21)S(=O)(=O)c1ccc(C#N)cc1. The Bertz CT molecular complexity index is 796. The van der Waals surface area contributed by atoms with E-state index in [1.807, 2.05) is 11.0 Å². The maximum absolute atomic E-state index is 12.8. The Balaban J connectivity index is 1.70. The molecule has 7 heteroatoms. The number of fused-ring (bicyclic) bond motifs is 1. The van der Waals surface area contributed by atoms with E-state index in [2.05, 4.69) is 0 Å². The van der Waals surface area contributed by atoms with Gasteiger partial charge in [-0.3, -0.25) is 4.79 Å².